The fourth-order valence-corrected chi connectivity index (χ4v) is 3.19. The number of unbranched alkanes of at least 4 members (excludes halogenated alkanes) is 3. The molecule has 0 aliphatic rings. The summed E-state index contributed by atoms with van der Waals surface area (Å²) in [6.07, 6.45) is 4.35. The highest BCUT2D eigenvalue weighted by Crippen LogP contribution is 2.25. The molecule has 0 fully saturated rings. The molecule has 0 aromatic heterocycles. The summed E-state index contributed by atoms with van der Waals surface area (Å²) in [5.74, 6) is 0.136. The number of carbonyl (C=O) groups is 2. The molecule has 0 spiro atoms. The molecule has 2 N–H and O–H groups in total. The first-order chi connectivity index (χ1) is 14.0. The van der Waals surface area contributed by atoms with Crippen molar-refractivity contribution in [2.24, 2.45) is 0 Å². The van der Waals surface area contributed by atoms with Crippen LogP contribution in [-0.2, 0) is 4.79 Å². The molecule has 2 amide bonds. The van der Waals surface area contributed by atoms with Crippen molar-refractivity contribution in [1.29, 1.82) is 0 Å². The molecule has 0 aliphatic heterocycles. The van der Waals surface area contributed by atoms with E-state index in [4.69, 9.17) is 9.47 Å². The van der Waals surface area contributed by atoms with E-state index < -0.39 is 11.8 Å². The van der Waals surface area contributed by atoms with E-state index in [1.165, 1.54) is 6.42 Å². The molecule has 29 heavy (non-hydrogen) atoms. The van der Waals surface area contributed by atoms with Crippen LogP contribution in [0, 0.1) is 6.92 Å². The zero-order valence-electron chi connectivity index (χ0n) is 16.8. The van der Waals surface area contributed by atoms with E-state index in [0.717, 1.165) is 29.3 Å². The van der Waals surface area contributed by atoms with E-state index in [1.54, 1.807) is 24.3 Å². The highest BCUT2D eigenvalue weighted by Gasteiger charge is 2.13. The average Bonchev–Trinajstić information content (AvgIpc) is 2.71. The van der Waals surface area contributed by atoms with E-state index in [9.17, 15) is 9.59 Å². The molecule has 2 aromatic carbocycles. The van der Waals surface area contributed by atoms with Crippen LogP contribution in [0.3, 0.4) is 0 Å². The number of benzene rings is 2. The first-order valence-corrected chi connectivity index (χ1v) is 10.5. The number of amides is 2. The number of halogens is 1. The minimum absolute atomic E-state index is 0.225. The Morgan fingerprint density at radius 2 is 1.76 bits per heavy atom. The average molecular weight is 463 g/mol. The number of nitrogens with one attached hydrogen (secondary N) is 2. The topological polar surface area (TPSA) is 76.7 Å². The quantitative estimate of drug-likeness (QED) is 0.400. The molecule has 2 rings (SSSR count). The Morgan fingerprint density at radius 1 is 0.966 bits per heavy atom. The standard InChI is InChI=1S/C22H27BrN2O4/c1-3-4-5-8-13-28-19-10-7-6-9-17(19)22(27)25-24-21(26)15-29-20-12-11-16(2)14-18(20)23/h6-7,9-12,14H,3-5,8,13,15H2,1-2H3,(H,24,26)(H,25,27). The SMILES string of the molecule is CCCCCCOc1ccccc1C(=O)NNC(=O)COc1ccc(C)cc1Br. The smallest absolute Gasteiger partial charge is 0.276 e. The second kappa shape index (κ2) is 12.1. The van der Waals surface area contributed by atoms with Crippen LogP contribution in [0.2, 0.25) is 0 Å². The number of rotatable bonds is 10. The number of hydrogen-bond acceptors (Lipinski definition) is 4. The Morgan fingerprint density at radius 3 is 2.52 bits per heavy atom. The fraction of sp³-hybridized carbons (Fsp3) is 0.364. The Bertz CT molecular complexity index is 826. The lowest BCUT2D eigenvalue weighted by Crippen LogP contribution is -2.44. The van der Waals surface area contributed by atoms with Crippen molar-refractivity contribution in [1.82, 2.24) is 10.9 Å². The molecule has 0 atom stereocenters. The van der Waals surface area contributed by atoms with E-state index in [1.807, 2.05) is 25.1 Å². The van der Waals surface area contributed by atoms with Gasteiger partial charge in [0, 0.05) is 0 Å². The van der Waals surface area contributed by atoms with Crippen molar-refractivity contribution in [3.05, 3.63) is 58.1 Å². The number of carbonyl (C=O) groups excluding carboxylic acids is 2. The van der Waals surface area contributed by atoms with Gasteiger partial charge in [0.25, 0.3) is 11.8 Å². The number of ether oxygens (including phenoxy) is 2. The predicted octanol–water partition coefficient (Wildman–Crippen LogP) is 4.56. The van der Waals surface area contributed by atoms with Crippen LogP contribution in [0.1, 0.15) is 48.5 Å². The Kier molecular flexibility index (Phi) is 9.50. The summed E-state index contributed by atoms with van der Waals surface area (Å²) >= 11 is 3.39. The third-order valence-corrected chi connectivity index (χ3v) is 4.77. The minimum atomic E-state index is -0.469. The van der Waals surface area contributed by atoms with Gasteiger partial charge in [-0.25, -0.2) is 0 Å². The third kappa shape index (κ3) is 7.77. The summed E-state index contributed by atoms with van der Waals surface area (Å²) < 4.78 is 12.0. The second-order valence-corrected chi connectivity index (χ2v) is 7.48. The van der Waals surface area contributed by atoms with Gasteiger partial charge in [-0.2, -0.15) is 0 Å². The van der Waals surface area contributed by atoms with Gasteiger partial charge in [0.1, 0.15) is 11.5 Å². The lowest BCUT2D eigenvalue weighted by atomic mass is 10.2. The number of hydrogen-bond donors (Lipinski definition) is 2. The van der Waals surface area contributed by atoms with Gasteiger partial charge in [0.05, 0.1) is 16.6 Å². The summed E-state index contributed by atoms with van der Waals surface area (Å²) in [5, 5.41) is 0. The molecule has 6 nitrogen and oxygen atoms in total. The van der Waals surface area contributed by atoms with Gasteiger partial charge in [-0.1, -0.05) is 44.4 Å². The molecule has 7 heteroatoms. The number of aryl methyl sites for hydroxylation is 1. The van der Waals surface area contributed by atoms with Gasteiger partial charge >= 0.3 is 0 Å². The molecule has 0 heterocycles. The molecular weight excluding hydrogens is 436 g/mol. The minimum Gasteiger partial charge on any atom is -0.493 e. The molecule has 0 aliphatic carbocycles. The van der Waals surface area contributed by atoms with Gasteiger partial charge in [0.15, 0.2) is 6.61 Å². The summed E-state index contributed by atoms with van der Waals surface area (Å²) in [6.45, 7) is 4.44. The normalized spacial score (nSPS) is 10.3. The molecule has 0 saturated heterocycles. The zero-order valence-corrected chi connectivity index (χ0v) is 18.4. The monoisotopic (exact) mass is 462 g/mol. The van der Waals surface area contributed by atoms with E-state index in [2.05, 4.69) is 33.7 Å². The zero-order chi connectivity index (χ0) is 21.1. The van der Waals surface area contributed by atoms with Gasteiger partial charge in [0.2, 0.25) is 0 Å². The third-order valence-electron chi connectivity index (χ3n) is 4.15. The van der Waals surface area contributed by atoms with Crippen molar-refractivity contribution < 1.29 is 19.1 Å². The van der Waals surface area contributed by atoms with E-state index >= 15 is 0 Å². The molecule has 0 unspecified atom stereocenters. The van der Waals surface area contributed by atoms with Crippen molar-refractivity contribution in [2.45, 2.75) is 39.5 Å². The largest absolute Gasteiger partial charge is 0.493 e. The van der Waals surface area contributed by atoms with Gasteiger partial charge in [-0.3, -0.25) is 20.4 Å². The maximum atomic E-state index is 12.4. The van der Waals surface area contributed by atoms with Crippen molar-refractivity contribution >= 4 is 27.7 Å². The van der Waals surface area contributed by atoms with Crippen LogP contribution in [-0.4, -0.2) is 25.0 Å². The molecule has 0 bridgehead atoms. The fourth-order valence-electron chi connectivity index (χ4n) is 2.59. The van der Waals surface area contributed by atoms with Crippen LogP contribution in [0.25, 0.3) is 0 Å². The predicted molar refractivity (Wildman–Crippen MR) is 116 cm³/mol. The second-order valence-electron chi connectivity index (χ2n) is 6.63. The Hall–Kier alpha value is -2.54. The summed E-state index contributed by atoms with van der Waals surface area (Å²) in [6, 6.07) is 12.5. The maximum Gasteiger partial charge on any atom is 0.276 e. The highest BCUT2D eigenvalue weighted by atomic mass is 79.9. The molecule has 0 radical (unpaired) electrons. The number of hydrazine groups is 1. The summed E-state index contributed by atoms with van der Waals surface area (Å²) in [7, 11) is 0. The first-order valence-electron chi connectivity index (χ1n) is 9.71. The van der Waals surface area contributed by atoms with E-state index in [-0.39, 0.29) is 6.61 Å². The lowest BCUT2D eigenvalue weighted by Gasteiger charge is -2.13. The van der Waals surface area contributed by atoms with Gasteiger partial charge in [-0.05, 0) is 59.1 Å². The number of para-hydroxylation sites is 1. The van der Waals surface area contributed by atoms with Gasteiger partial charge < -0.3 is 9.47 Å². The van der Waals surface area contributed by atoms with Crippen molar-refractivity contribution in [2.75, 3.05) is 13.2 Å². The Balaban J connectivity index is 1.81. The molecule has 2 aromatic rings. The maximum absolute atomic E-state index is 12.4. The lowest BCUT2D eigenvalue weighted by molar-refractivity contribution is -0.123. The highest BCUT2D eigenvalue weighted by molar-refractivity contribution is 9.10. The van der Waals surface area contributed by atoms with Crippen molar-refractivity contribution in [3.63, 3.8) is 0 Å². The van der Waals surface area contributed by atoms with Crippen LogP contribution in [0.15, 0.2) is 46.9 Å². The molecular formula is C22H27BrN2O4. The Labute approximate surface area is 180 Å². The van der Waals surface area contributed by atoms with Crippen LogP contribution in [0.5, 0.6) is 11.5 Å². The molecule has 156 valence electrons. The summed E-state index contributed by atoms with van der Waals surface area (Å²) in [4.78, 5) is 24.4. The van der Waals surface area contributed by atoms with Crippen LogP contribution < -0.4 is 20.3 Å². The van der Waals surface area contributed by atoms with Gasteiger partial charge in [-0.15, -0.1) is 0 Å². The van der Waals surface area contributed by atoms with Crippen LogP contribution >= 0.6 is 15.9 Å². The molecule has 0 saturated carbocycles. The first kappa shape index (κ1) is 22.7. The summed E-state index contributed by atoms with van der Waals surface area (Å²) in [5.41, 5.74) is 6.20. The van der Waals surface area contributed by atoms with E-state index in [0.29, 0.717) is 23.7 Å². The van der Waals surface area contributed by atoms with Crippen LogP contribution in [0.4, 0.5) is 0 Å². The van der Waals surface area contributed by atoms with Crippen molar-refractivity contribution in [3.8, 4) is 11.5 Å².